The number of anilines is 1. The molecule has 12 heteroatoms. The Bertz CT molecular complexity index is 1660. The summed E-state index contributed by atoms with van der Waals surface area (Å²) >= 11 is 0.595. The van der Waals surface area contributed by atoms with Crippen LogP contribution in [0.3, 0.4) is 0 Å². The molecule has 0 unspecified atom stereocenters. The summed E-state index contributed by atoms with van der Waals surface area (Å²) in [6.45, 7) is -0.743. The number of halogens is 1. The van der Waals surface area contributed by atoms with Crippen LogP contribution in [0.4, 0.5) is 10.2 Å². The van der Waals surface area contributed by atoms with E-state index in [1.165, 1.54) is 6.92 Å². The number of aliphatic hydroxyl groups excluding tert-OH is 3. The molecular formula is C24H31FN6O4S. The van der Waals surface area contributed by atoms with Crippen LogP contribution in [-0.2, 0) is 4.74 Å². The smallest absolute Gasteiger partial charge is 0.191 e. The molecule has 0 spiro atoms. The third-order valence-electron chi connectivity index (χ3n) is 5.83. The van der Waals surface area contributed by atoms with E-state index in [9.17, 15) is 19.7 Å². The molecule has 3 aromatic rings. The second-order valence-electron chi connectivity index (χ2n) is 8.25. The summed E-state index contributed by atoms with van der Waals surface area (Å²) in [5.74, 6) is -3.02. The Morgan fingerprint density at radius 1 is 1.39 bits per heavy atom. The minimum Gasteiger partial charge on any atom is -0.394 e. The maximum atomic E-state index is 14.8. The molecule has 10 nitrogen and oxygen atoms in total. The van der Waals surface area contributed by atoms with Gasteiger partial charge in [0.1, 0.15) is 18.0 Å². The number of benzene rings is 1. The number of hydrogen-bond acceptors (Lipinski definition) is 10. The van der Waals surface area contributed by atoms with Gasteiger partial charge in [0.05, 0.1) is 33.5 Å². The van der Waals surface area contributed by atoms with Gasteiger partial charge in [0.2, 0.25) is 0 Å². The number of rotatable bonds is 10. The zero-order valence-electron chi connectivity index (χ0n) is 29.3. The van der Waals surface area contributed by atoms with Crippen molar-refractivity contribution in [2.45, 2.75) is 74.5 Å². The Kier molecular flexibility index (Phi) is 4.62. The Morgan fingerprint density at radius 3 is 3.00 bits per heavy atom. The number of aromatic nitrogens is 5. The number of aliphatic hydroxyl groups is 3. The van der Waals surface area contributed by atoms with Crippen LogP contribution >= 0.6 is 11.8 Å². The van der Waals surface area contributed by atoms with Crippen LogP contribution in [-0.4, -0.2) is 83.5 Å². The standard InChI is InChI=1S/C24H31FN6O4S/c1-3-8-36-24-27-22(26-16-10-14(16)13-5-4-12(2)15(25)9-13)19-23(28-24)31(30-29-19)17-11-18(35-7-6-32)21(34)20(17)33/h4-5,9,14,16-18,20-21,32-34H,3,6-8,10-11H2,1-2H3,(H,26,27,28)/t14-,16+,17+,18-,20-,21+/m0/s1/i4D,5D,7D2,8D2,9D,10D2,16D. The molecule has 6 atom stereocenters. The van der Waals surface area contributed by atoms with Crippen LogP contribution in [0, 0.1) is 12.7 Å². The zero-order chi connectivity index (χ0) is 34.3. The Balaban J connectivity index is 1.59. The van der Waals surface area contributed by atoms with E-state index in [0.29, 0.717) is 11.8 Å². The van der Waals surface area contributed by atoms with Crippen LogP contribution in [0.15, 0.2) is 23.3 Å². The minimum absolute atomic E-state index is 0.0265. The Hall–Kier alpha value is -2.38. The first-order chi connectivity index (χ1) is 21.2. The van der Waals surface area contributed by atoms with E-state index >= 15 is 0 Å². The summed E-state index contributed by atoms with van der Waals surface area (Å²) in [6.07, 6.45) is -7.19. The second-order valence-corrected chi connectivity index (χ2v) is 9.11. The predicted molar refractivity (Wildman–Crippen MR) is 133 cm³/mol. The van der Waals surface area contributed by atoms with Gasteiger partial charge in [-0.15, -0.1) is 5.10 Å². The second kappa shape index (κ2) is 10.5. The molecule has 0 bridgehead atoms. The van der Waals surface area contributed by atoms with Crippen LogP contribution in [0.25, 0.3) is 11.2 Å². The summed E-state index contributed by atoms with van der Waals surface area (Å²) < 4.78 is 104. The lowest BCUT2D eigenvalue weighted by molar-refractivity contribution is -0.0629. The van der Waals surface area contributed by atoms with E-state index in [2.05, 4.69) is 25.6 Å². The van der Waals surface area contributed by atoms with Gasteiger partial charge in [-0.2, -0.15) is 0 Å². The number of ether oxygens (including phenoxy) is 1. The maximum Gasteiger partial charge on any atom is 0.191 e. The highest BCUT2D eigenvalue weighted by molar-refractivity contribution is 7.99. The van der Waals surface area contributed by atoms with E-state index in [0.717, 1.165) is 4.68 Å². The molecule has 2 fully saturated rings. The van der Waals surface area contributed by atoms with Crippen molar-refractivity contribution >= 4 is 28.7 Å². The fourth-order valence-electron chi connectivity index (χ4n) is 3.94. The fraction of sp³-hybridized carbons (Fsp3) is 0.583. The summed E-state index contributed by atoms with van der Waals surface area (Å²) in [7, 11) is 0. The number of hydrogen-bond donors (Lipinski definition) is 4. The van der Waals surface area contributed by atoms with Gasteiger partial charge in [-0.05, 0) is 36.9 Å². The highest BCUT2D eigenvalue weighted by Gasteiger charge is 2.45. The summed E-state index contributed by atoms with van der Waals surface area (Å²) in [5, 5.41) is 41.1. The first kappa shape index (κ1) is 15.8. The molecule has 36 heavy (non-hydrogen) atoms. The van der Waals surface area contributed by atoms with Gasteiger partial charge in [0.15, 0.2) is 22.1 Å². The molecule has 0 radical (unpaired) electrons. The molecule has 4 N–H and O–H groups in total. The van der Waals surface area contributed by atoms with Gasteiger partial charge < -0.3 is 25.4 Å². The van der Waals surface area contributed by atoms with Crippen LogP contribution in [0.5, 0.6) is 0 Å². The highest BCUT2D eigenvalue weighted by Crippen LogP contribution is 2.44. The summed E-state index contributed by atoms with van der Waals surface area (Å²) in [5.41, 5.74) is -2.93. The van der Waals surface area contributed by atoms with E-state index in [1.54, 1.807) is 6.92 Å². The third-order valence-corrected chi connectivity index (χ3v) is 6.63. The lowest BCUT2D eigenvalue weighted by Gasteiger charge is -2.17. The van der Waals surface area contributed by atoms with E-state index < -0.39 is 91.0 Å². The number of nitrogens with zero attached hydrogens (tertiary/aromatic N) is 5. The lowest BCUT2D eigenvalue weighted by Crippen LogP contribution is -2.33. The lowest BCUT2D eigenvalue weighted by atomic mass is 10.1. The van der Waals surface area contributed by atoms with Gasteiger partial charge in [0.25, 0.3) is 0 Å². The largest absolute Gasteiger partial charge is 0.394 e. The zero-order valence-corrected chi connectivity index (χ0v) is 20.1. The van der Waals surface area contributed by atoms with Gasteiger partial charge in [-0.1, -0.05) is 36.0 Å². The van der Waals surface area contributed by atoms with Crippen molar-refractivity contribution in [3.8, 4) is 0 Å². The molecule has 0 aliphatic heterocycles. The number of fused-ring (bicyclic) bond motifs is 1. The Morgan fingerprint density at radius 2 is 2.22 bits per heavy atom. The topological polar surface area (TPSA) is 138 Å². The van der Waals surface area contributed by atoms with E-state index in [4.69, 9.17) is 18.4 Å². The van der Waals surface area contributed by atoms with E-state index in [1.807, 2.05) is 0 Å². The maximum absolute atomic E-state index is 14.8. The molecule has 2 aliphatic carbocycles. The van der Waals surface area contributed by atoms with E-state index in [-0.39, 0.29) is 40.5 Å². The van der Waals surface area contributed by atoms with Gasteiger partial charge >= 0.3 is 0 Å². The molecular weight excluding hydrogens is 487 g/mol. The third kappa shape index (κ3) is 4.92. The van der Waals surface area contributed by atoms with Gasteiger partial charge in [-0.3, -0.25) is 0 Å². The quantitative estimate of drug-likeness (QED) is 0.229. The van der Waals surface area contributed by atoms with Crippen LogP contribution < -0.4 is 5.32 Å². The average Bonchev–Trinajstić information content (AvgIpc) is 3.28. The molecule has 2 saturated carbocycles. The highest BCUT2D eigenvalue weighted by atomic mass is 32.2. The Labute approximate surface area is 226 Å². The molecule has 5 rings (SSSR count). The van der Waals surface area contributed by atoms with Gasteiger partial charge in [0, 0.05) is 29.5 Å². The molecule has 1 aromatic carbocycles. The molecule has 194 valence electrons. The van der Waals surface area contributed by atoms with Crippen molar-refractivity contribution in [2.24, 2.45) is 0 Å². The normalized spacial score (nSPS) is 35.9. The van der Waals surface area contributed by atoms with Crippen LogP contribution in [0.1, 0.15) is 62.9 Å². The molecule has 0 saturated heterocycles. The molecule has 2 aliphatic rings. The summed E-state index contributed by atoms with van der Waals surface area (Å²) in [4.78, 5) is 8.62. The van der Waals surface area contributed by atoms with Crippen molar-refractivity contribution < 1.29 is 38.2 Å². The average molecular weight is 529 g/mol. The predicted octanol–water partition coefficient (Wildman–Crippen LogP) is 2.18. The molecule has 2 heterocycles. The first-order valence-electron chi connectivity index (χ1n) is 16.2. The van der Waals surface area contributed by atoms with Crippen molar-refractivity contribution in [1.29, 1.82) is 0 Å². The molecule has 0 amide bonds. The SMILES string of the molecule is [2H]c1c([2H])c([C@@H]2C([2H])([2H])[C@@]2([2H])Nc2nc(SC([2H])([2H])CC)nc3c2nnn3[C@@H]2C[C@H](OC([2H])([2H])CO)[C@@H](O)[C@H]2O)c([2H])c(F)c1C. The number of thioether (sulfide) groups is 1. The van der Waals surface area contributed by atoms with Gasteiger partial charge in [-0.25, -0.2) is 19.0 Å². The number of nitrogens with one attached hydrogen (secondary N) is 1. The minimum atomic E-state index is -2.53. The van der Waals surface area contributed by atoms with Crippen LogP contribution in [0.2, 0.25) is 0 Å². The summed E-state index contributed by atoms with van der Waals surface area (Å²) in [6, 6.07) is -5.45. The van der Waals surface area contributed by atoms with Crippen molar-refractivity contribution in [3.63, 3.8) is 0 Å². The fourth-order valence-corrected chi connectivity index (χ4v) is 4.49. The van der Waals surface area contributed by atoms with Crippen molar-refractivity contribution in [1.82, 2.24) is 25.0 Å². The van der Waals surface area contributed by atoms with Crippen molar-refractivity contribution in [2.75, 3.05) is 24.2 Å². The molecule has 2 aromatic heterocycles. The van der Waals surface area contributed by atoms with Crippen molar-refractivity contribution in [3.05, 3.63) is 35.1 Å². The monoisotopic (exact) mass is 528 g/mol. The first-order valence-corrected chi connectivity index (χ1v) is 12.0.